The van der Waals surface area contributed by atoms with Crippen LogP contribution in [0.4, 0.5) is 0 Å². The SMILES string of the molecule is CC(C)CCN(C(=O)CNCCC(=O)NCc1ccccc1)C(Cc1ccccc1)C(=O)NC(C)C(=O)C(=O)NCc1ccccc1. The molecule has 0 aliphatic rings. The van der Waals surface area contributed by atoms with Gasteiger partial charge in [-0.05, 0) is 36.0 Å². The molecular weight excluding hydrogens is 594 g/mol. The smallest absolute Gasteiger partial charge is 0.289 e. The lowest BCUT2D eigenvalue weighted by Gasteiger charge is -2.32. The molecule has 4 amide bonds. The lowest BCUT2D eigenvalue weighted by molar-refractivity contribution is -0.143. The Hall–Kier alpha value is -4.83. The van der Waals surface area contributed by atoms with Crippen molar-refractivity contribution in [1.29, 1.82) is 0 Å². The summed E-state index contributed by atoms with van der Waals surface area (Å²) in [5, 5.41) is 11.2. The van der Waals surface area contributed by atoms with Gasteiger partial charge in [0.15, 0.2) is 0 Å². The quantitative estimate of drug-likeness (QED) is 0.117. The van der Waals surface area contributed by atoms with Gasteiger partial charge in [-0.25, -0.2) is 0 Å². The van der Waals surface area contributed by atoms with E-state index in [2.05, 4.69) is 21.3 Å². The van der Waals surface area contributed by atoms with Crippen LogP contribution in [0.15, 0.2) is 91.0 Å². The van der Waals surface area contributed by atoms with E-state index in [-0.39, 0.29) is 50.2 Å². The predicted molar refractivity (Wildman–Crippen MR) is 182 cm³/mol. The first kappa shape index (κ1) is 36.6. The number of carbonyl (C=O) groups excluding carboxylic acids is 5. The van der Waals surface area contributed by atoms with Crippen molar-refractivity contribution in [2.24, 2.45) is 5.92 Å². The van der Waals surface area contributed by atoms with Gasteiger partial charge in [-0.3, -0.25) is 24.0 Å². The van der Waals surface area contributed by atoms with Crippen molar-refractivity contribution >= 4 is 29.4 Å². The van der Waals surface area contributed by atoms with E-state index in [0.29, 0.717) is 19.5 Å². The summed E-state index contributed by atoms with van der Waals surface area (Å²) in [6.45, 7) is 6.68. The molecule has 0 fully saturated rings. The van der Waals surface area contributed by atoms with Crippen LogP contribution in [-0.2, 0) is 43.5 Å². The average Bonchev–Trinajstić information content (AvgIpc) is 3.08. The van der Waals surface area contributed by atoms with Crippen molar-refractivity contribution in [2.45, 2.75) is 65.2 Å². The fraction of sp³-hybridized carbons (Fsp3) is 0.378. The number of amides is 4. The Labute approximate surface area is 277 Å². The van der Waals surface area contributed by atoms with E-state index in [9.17, 15) is 24.0 Å². The zero-order chi connectivity index (χ0) is 34.0. The maximum absolute atomic E-state index is 13.8. The molecule has 10 heteroatoms. The molecule has 2 atom stereocenters. The first-order valence-electron chi connectivity index (χ1n) is 16.1. The summed E-state index contributed by atoms with van der Waals surface area (Å²) < 4.78 is 0. The van der Waals surface area contributed by atoms with E-state index in [4.69, 9.17) is 0 Å². The van der Waals surface area contributed by atoms with Crippen LogP contribution in [0.1, 0.15) is 50.3 Å². The highest BCUT2D eigenvalue weighted by Gasteiger charge is 2.32. The number of nitrogens with one attached hydrogen (secondary N) is 4. The van der Waals surface area contributed by atoms with Crippen LogP contribution in [0.2, 0.25) is 0 Å². The maximum Gasteiger partial charge on any atom is 0.289 e. The van der Waals surface area contributed by atoms with Crippen LogP contribution in [-0.4, -0.2) is 66.0 Å². The van der Waals surface area contributed by atoms with Crippen LogP contribution in [0.3, 0.4) is 0 Å². The summed E-state index contributed by atoms with van der Waals surface area (Å²) >= 11 is 0. The van der Waals surface area contributed by atoms with Gasteiger partial charge in [0.1, 0.15) is 6.04 Å². The van der Waals surface area contributed by atoms with Crippen LogP contribution in [0.25, 0.3) is 0 Å². The van der Waals surface area contributed by atoms with Crippen LogP contribution >= 0.6 is 0 Å². The molecular formula is C37H47N5O5. The second-order valence-electron chi connectivity index (χ2n) is 11.9. The summed E-state index contributed by atoms with van der Waals surface area (Å²) in [7, 11) is 0. The number of Topliss-reactive ketones (excluding diaryl/α,β-unsaturated/α-hetero) is 1. The monoisotopic (exact) mass is 641 g/mol. The van der Waals surface area contributed by atoms with Gasteiger partial charge < -0.3 is 26.2 Å². The molecule has 3 aromatic rings. The zero-order valence-corrected chi connectivity index (χ0v) is 27.5. The molecule has 0 aliphatic heterocycles. The molecule has 0 saturated carbocycles. The summed E-state index contributed by atoms with van der Waals surface area (Å²) in [6.07, 6.45) is 1.06. The second kappa shape index (κ2) is 19.6. The number of ketones is 1. The minimum Gasteiger partial charge on any atom is -0.352 e. The van der Waals surface area contributed by atoms with Crippen molar-refractivity contribution in [3.8, 4) is 0 Å². The molecule has 0 bridgehead atoms. The molecule has 4 N–H and O–H groups in total. The van der Waals surface area contributed by atoms with Gasteiger partial charge in [0.2, 0.25) is 23.5 Å². The largest absolute Gasteiger partial charge is 0.352 e. The Balaban J connectivity index is 1.64. The molecule has 0 radical (unpaired) electrons. The maximum atomic E-state index is 13.8. The summed E-state index contributed by atoms with van der Waals surface area (Å²) in [6, 6.07) is 26.1. The molecule has 0 aliphatic carbocycles. The molecule has 0 aromatic heterocycles. The van der Waals surface area contributed by atoms with Crippen LogP contribution < -0.4 is 21.3 Å². The predicted octanol–water partition coefficient (Wildman–Crippen LogP) is 3.16. The van der Waals surface area contributed by atoms with E-state index in [1.807, 2.05) is 105 Å². The fourth-order valence-corrected chi connectivity index (χ4v) is 4.85. The number of nitrogens with zero attached hydrogens (tertiary/aromatic N) is 1. The van der Waals surface area contributed by atoms with Gasteiger partial charge in [0, 0.05) is 39.0 Å². The van der Waals surface area contributed by atoms with Gasteiger partial charge in [-0.2, -0.15) is 0 Å². The van der Waals surface area contributed by atoms with Crippen molar-refractivity contribution in [3.05, 3.63) is 108 Å². The number of hydrogen-bond acceptors (Lipinski definition) is 6. The second-order valence-corrected chi connectivity index (χ2v) is 11.9. The van der Waals surface area contributed by atoms with E-state index < -0.39 is 29.7 Å². The Morgan fingerprint density at radius 1 is 0.702 bits per heavy atom. The summed E-state index contributed by atoms with van der Waals surface area (Å²) in [5.74, 6) is -2.28. The molecule has 2 unspecified atom stereocenters. The minimum atomic E-state index is -1.11. The average molecular weight is 642 g/mol. The van der Waals surface area contributed by atoms with Gasteiger partial charge in [0.25, 0.3) is 5.91 Å². The first-order chi connectivity index (χ1) is 22.6. The zero-order valence-electron chi connectivity index (χ0n) is 27.5. The molecule has 250 valence electrons. The summed E-state index contributed by atoms with van der Waals surface area (Å²) in [4.78, 5) is 66.8. The molecule has 0 heterocycles. The number of carbonyl (C=O) groups is 5. The molecule has 0 saturated heterocycles. The van der Waals surface area contributed by atoms with Crippen LogP contribution in [0.5, 0.6) is 0 Å². The van der Waals surface area contributed by atoms with Crippen molar-refractivity contribution in [3.63, 3.8) is 0 Å². The first-order valence-corrected chi connectivity index (χ1v) is 16.1. The van der Waals surface area contributed by atoms with E-state index >= 15 is 0 Å². The van der Waals surface area contributed by atoms with Crippen molar-refractivity contribution in [2.75, 3.05) is 19.6 Å². The Kier molecular flexibility index (Phi) is 15.3. The third-order valence-corrected chi connectivity index (χ3v) is 7.63. The standard InChI is InChI=1S/C37H47N5O5/c1-27(2)20-22-42(34(44)26-38-21-19-33(43)39-24-30-15-9-5-10-16-30)32(23-29-13-7-4-8-14-29)36(46)41-28(3)35(45)37(47)40-25-31-17-11-6-12-18-31/h4-18,27-28,32,38H,19-26H2,1-3H3,(H,39,43)(H,40,47)(H,41,46). The molecule has 3 aromatic carbocycles. The van der Waals surface area contributed by atoms with E-state index in [1.54, 1.807) is 0 Å². The Morgan fingerprint density at radius 2 is 1.23 bits per heavy atom. The van der Waals surface area contributed by atoms with Crippen molar-refractivity contribution < 1.29 is 24.0 Å². The van der Waals surface area contributed by atoms with Gasteiger partial charge in [-0.1, -0.05) is 105 Å². The Bertz CT molecular complexity index is 1430. The molecule has 0 spiro atoms. The topological polar surface area (TPSA) is 137 Å². The highest BCUT2D eigenvalue weighted by atomic mass is 16.2. The molecule has 10 nitrogen and oxygen atoms in total. The number of hydrogen-bond donors (Lipinski definition) is 4. The third-order valence-electron chi connectivity index (χ3n) is 7.63. The number of rotatable bonds is 19. The van der Waals surface area contributed by atoms with E-state index in [1.165, 1.54) is 11.8 Å². The van der Waals surface area contributed by atoms with Crippen molar-refractivity contribution in [1.82, 2.24) is 26.2 Å². The van der Waals surface area contributed by atoms with E-state index in [0.717, 1.165) is 16.7 Å². The highest BCUT2D eigenvalue weighted by molar-refractivity contribution is 6.38. The Morgan fingerprint density at radius 3 is 1.79 bits per heavy atom. The third kappa shape index (κ3) is 13.2. The van der Waals surface area contributed by atoms with Gasteiger partial charge in [-0.15, -0.1) is 0 Å². The highest BCUT2D eigenvalue weighted by Crippen LogP contribution is 2.14. The molecule has 3 rings (SSSR count). The molecule has 47 heavy (non-hydrogen) atoms. The number of benzene rings is 3. The van der Waals surface area contributed by atoms with Crippen LogP contribution in [0, 0.1) is 5.92 Å². The lowest BCUT2D eigenvalue weighted by Crippen LogP contribution is -2.56. The summed E-state index contributed by atoms with van der Waals surface area (Å²) in [5.41, 5.74) is 2.68. The lowest BCUT2D eigenvalue weighted by atomic mass is 10.0. The fourth-order valence-electron chi connectivity index (χ4n) is 4.85. The normalized spacial score (nSPS) is 12.1. The minimum absolute atomic E-state index is 0.0704. The van der Waals surface area contributed by atoms with Gasteiger partial charge in [0.05, 0.1) is 12.6 Å². The van der Waals surface area contributed by atoms with Gasteiger partial charge >= 0.3 is 0 Å².